The first-order valence-electron chi connectivity index (χ1n) is 24.1. The molecule has 0 saturated heterocycles. The van der Waals surface area contributed by atoms with E-state index in [1.165, 1.54) is 44.9 Å². The Bertz CT molecular complexity index is 1310. The predicted octanol–water partition coefficient (Wildman–Crippen LogP) is 13.9. The van der Waals surface area contributed by atoms with E-state index in [0.717, 1.165) is 103 Å². The zero-order valence-corrected chi connectivity index (χ0v) is 40.5. The van der Waals surface area contributed by atoms with Crippen LogP contribution in [0.3, 0.4) is 0 Å². The van der Waals surface area contributed by atoms with Gasteiger partial charge in [-0.25, -0.2) is 4.57 Å². The van der Waals surface area contributed by atoms with Crippen LogP contribution in [0.5, 0.6) is 0 Å². The summed E-state index contributed by atoms with van der Waals surface area (Å²) in [4.78, 5) is 22.9. The zero-order chi connectivity index (χ0) is 45.0. The zero-order valence-electron chi connectivity index (χ0n) is 39.6. The molecule has 0 aromatic rings. The Morgan fingerprint density at radius 3 is 1.43 bits per heavy atom. The fourth-order valence-electron chi connectivity index (χ4n) is 6.29. The number of nitrogens with zero attached hydrogens (tertiary/aromatic N) is 1. The van der Waals surface area contributed by atoms with E-state index in [-0.39, 0.29) is 19.1 Å². The quantitative estimate of drug-likeness (QED) is 0.0244. The van der Waals surface area contributed by atoms with Gasteiger partial charge in [-0.2, -0.15) is 0 Å². The number of phosphoric acid groups is 1. The highest BCUT2D eigenvalue weighted by atomic mass is 31.2. The molecule has 3 atom stereocenters. The normalized spacial score (nSPS) is 15.1. The SMILES string of the molecule is CC/C=C\C/C=C\C/C=C\C/C=C\C/C=C\C/C=C\C/C=C\C/C=C\CCCCCCCCCCCCC(=O)NC(COP(=O)(O)OCC[N+](C)(C)C)C(O)CCCCCC. The molecule has 0 bridgehead atoms. The number of phosphoric ester groups is 1. The topological polar surface area (TPSA) is 105 Å². The summed E-state index contributed by atoms with van der Waals surface area (Å²) in [6.07, 6.45) is 60.9. The Morgan fingerprint density at radius 2 is 0.984 bits per heavy atom. The molecule has 3 unspecified atom stereocenters. The molecule has 8 nitrogen and oxygen atoms in total. The average Bonchev–Trinajstić information content (AvgIpc) is 3.21. The van der Waals surface area contributed by atoms with Crippen LogP contribution in [0.15, 0.2) is 97.2 Å². The van der Waals surface area contributed by atoms with Crippen molar-refractivity contribution in [1.29, 1.82) is 0 Å². The van der Waals surface area contributed by atoms with Gasteiger partial charge < -0.3 is 19.8 Å². The third-order valence-electron chi connectivity index (χ3n) is 10.1. The summed E-state index contributed by atoms with van der Waals surface area (Å²) in [5.74, 6) is -0.164. The predicted molar refractivity (Wildman–Crippen MR) is 262 cm³/mol. The number of aliphatic hydroxyl groups is 1. The summed E-state index contributed by atoms with van der Waals surface area (Å²) < 4.78 is 23.4. The minimum Gasteiger partial charge on any atom is -0.391 e. The van der Waals surface area contributed by atoms with Crippen LogP contribution in [0.1, 0.15) is 174 Å². The van der Waals surface area contributed by atoms with Crippen LogP contribution < -0.4 is 5.32 Å². The summed E-state index contributed by atoms with van der Waals surface area (Å²) >= 11 is 0. The van der Waals surface area contributed by atoms with Gasteiger partial charge >= 0.3 is 7.82 Å². The molecule has 0 heterocycles. The summed E-state index contributed by atoms with van der Waals surface area (Å²) in [5.41, 5.74) is 0. The van der Waals surface area contributed by atoms with E-state index in [1.54, 1.807) is 0 Å². The lowest BCUT2D eigenvalue weighted by Gasteiger charge is -2.26. The minimum atomic E-state index is -4.30. The number of amides is 1. The van der Waals surface area contributed by atoms with E-state index in [9.17, 15) is 19.4 Å². The van der Waals surface area contributed by atoms with Gasteiger partial charge in [-0.15, -0.1) is 0 Å². The molecule has 0 fully saturated rings. The van der Waals surface area contributed by atoms with Gasteiger partial charge in [0.05, 0.1) is 39.9 Å². The van der Waals surface area contributed by atoms with Gasteiger partial charge in [-0.05, 0) is 77.0 Å². The number of hydrogen-bond donors (Lipinski definition) is 3. The third kappa shape index (κ3) is 45.3. The molecule has 1 amide bonds. The standard InChI is InChI=1S/C52H91N2O6P/c1-6-8-10-12-13-14-15-16-17-18-19-20-21-22-23-24-25-26-27-28-29-30-31-32-33-34-35-36-37-38-39-40-41-42-44-46-52(56)53-50(51(55)45-43-11-9-7-2)49-60-61(57,58)59-48-47-54(3,4)5/h8,10,13-14,16-17,19-20,22-23,25-26,28-29,31-32,50-51,55H,6-7,9,11-12,15,18,21,24,27,30,33-49H2,1-5H3,(H-,53,56,57,58)/p+1/b10-8-,14-13-,17-16-,20-19-,23-22-,26-25-,29-28-,32-31-. The minimum absolute atomic E-state index is 0.0679. The Morgan fingerprint density at radius 1 is 0.574 bits per heavy atom. The van der Waals surface area contributed by atoms with Crippen LogP contribution in [-0.4, -0.2) is 73.4 Å². The molecule has 9 heteroatoms. The maximum Gasteiger partial charge on any atom is 0.472 e. The summed E-state index contributed by atoms with van der Waals surface area (Å²) in [6.45, 7) is 4.62. The number of aliphatic hydroxyl groups excluding tert-OH is 1. The van der Waals surface area contributed by atoms with Crippen molar-refractivity contribution in [3.63, 3.8) is 0 Å². The van der Waals surface area contributed by atoms with Crippen LogP contribution >= 0.6 is 7.82 Å². The van der Waals surface area contributed by atoms with Crippen LogP contribution in [0.4, 0.5) is 0 Å². The van der Waals surface area contributed by atoms with E-state index in [4.69, 9.17) is 9.05 Å². The van der Waals surface area contributed by atoms with Crippen LogP contribution in [-0.2, 0) is 18.4 Å². The van der Waals surface area contributed by atoms with E-state index < -0.39 is 20.0 Å². The molecule has 0 saturated carbocycles. The van der Waals surface area contributed by atoms with E-state index in [1.807, 2.05) is 21.1 Å². The molecule has 0 aliphatic carbocycles. The molecule has 61 heavy (non-hydrogen) atoms. The average molecular weight is 872 g/mol. The second kappa shape index (κ2) is 42.7. The number of allylic oxidation sites excluding steroid dienone is 16. The van der Waals surface area contributed by atoms with Gasteiger partial charge in [0, 0.05) is 6.42 Å². The molecule has 0 spiro atoms. The fourth-order valence-corrected chi connectivity index (χ4v) is 7.03. The summed E-state index contributed by atoms with van der Waals surface area (Å²) in [6, 6.07) is -0.764. The van der Waals surface area contributed by atoms with E-state index in [2.05, 4.69) is 116 Å². The summed E-state index contributed by atoms with van der Waals surface area (Å²) in [7, 11) is 1.59. The lowest BCUT2D eigenvalue weighted by molar-refractivity contribution is -0.870. The number of quaternary nitrogens is 1. The van der Waals surface area contributed by atoms with Gasteiger partial charge in [0.15, 0.2) is 0 Å². The molecule has 0 aliphatic heterocycles. The molecule has 0 aromatic carbocycles. The molecule has 0 aliphatic rings. The van der Waals surface area contributed by atoms with Gasteiger partial charge in [0.25, 0.3) is 0 Å². The van der Waals surface area contributed by atoms with Crippen molar-refractivity contribution in [1.82, 2.24) is 5.32 Å². The van der Waals surface area contributed by atoms with Crippen molar-refractivity contribution in [2.24, 2.45) is 0 Å². The Kier molecular flexibility index (Phi) is 40.9. The highest BCUT2D eigenvalue weighted by molar-refractivity contribution is 7.47. The van der Waals surface area contributed by atoms with Crippen molar-refractivity contribution in [3.05, 3.63) is 97.2 Å². The number of carbonyl (C=O) groups is 1. The second-order valence-electron chi connectivity index (χ2n) is 17.1. The van der Waals surface area contributed by atoms with Crippen molar-refractivity contribution in [3.8, 4) is 0 Å². The van der Waals surface area contributed by atoms with Gasteiger partial charge in [-0.3, -0.25) is 13.8 Å². The Balaban J connectivity index is 3.91. The molecule has 350 valence electrons. The molecule has 0 rings (SSSR count). The molecule has 0 radical (unpaired) electrons. The molecular formula is C52H92N2O6P+. The first kappa shape index (κ1) is 58.4. The van der Waals surface area contributed by atoms with Crippen LogP contribution in [0, 0.1) is 0 Å². The van der Waals surface area contributed by atoms with Crippen molar-refractivity contribution in [2.45, 2.75) is 187 Å². The molecule has 0 aromatic heterocycles. The monoisotopic (exact) mass is 872 g/mol. The van der Waals surface area contributed by atoms with Gasteiger partial charge in [0.1, 0.15) is 13.2 Å². The van der Waals surface area contributed by atoms with Crippen LogP contribution in [0.2, 0.25) is 0 Å². The highest BCUT2D eigenvalue weighted by Crippen LogP contribution is 2.43. The fraction of sp³-hybridized carbons (Fsp3) is 0.673. The number of unbranched alkanes of at least 4 members (excludes halogenated alkanes) is 13. The maximum atomic E-state index is 12.8. The van der Waals surface area contributed by atoms with Gasteiger partial charge in [-0.1, -0.05) is 188 Å². The van der Waals surface area contributed by atoms with Crippen molar-refractivity contribution >= 4 is 13.7 Å². The summed E-state index contributed by atoms with van der Waals surface area (Å²) in [5, 5.41) is 13.7. The number of nitrogens with one attached hydrogen (secondary N) is 1. The van der Waals surface area contributed by atoms with Gasteiger partial charge in [0.2, 0.25) is 5.91 Å². The van der Waals surface area contributed by atoms with Crippen LogP contribution in [0.25, 0.3) is 0 Å². The highest BCUT2D eigenvalue weighted by Gasteiger charge is 2.28. The number of carbonyl (C=O) groups excluding carboxylic acids is 1. The maximum absolute atomic E-state index is 12.8. The number of rotatable bonds is 42. The first-order valence-corrected chi connectivity index (χ1v) is 25.6. The molecular weight excluding hydrogens is 780 g/mol. The smallest absolute Gasteiger partial charge is 0.391 e. The number of hydrogen-bond acceptors (Lipinski definition) is 5. The first-order chi connectivity index (χ1) is 29.5. The Labute approximate surface area is 375 Å². The third-order valence-corrected chi connectivity index (χ3v) is 11.1. The Hall–Kier alpha value is -2.58. The molecule has 3 N–H and O–H groups in total. The lowest BCUT2D eigenvalue weighted by Crippen LogP contribution is -2.46. The largest absolute Gasteiger partial charge is 0.472 e. The van der Waals surface area contributed by atoms with Crippen molar-refractivity contribution in [2.75, 3.05) is 40.9 Å². The lowest BCUT2D eigenvalue weighted by atomic mass is 10.0. The van der Waals surface area contributed by atoms with E-state index in [0.29, 0.717) is 23.9 Å². The van der Waals surface area contributed by atoms with Crippen molar-refractivity contribution < 1.29 is 32.9 Å². The van der Waals surface area contributed by atoms with E-state index >= 15 is 0 Å². The number of likely N-dealkylation sites (N-methyl/N-ethyl adjacent to an activating group) is 1. The second-order valence-corrected chi connectivity index (χ2v) is 18.6.